The molecule has 1 atom stereocenters. The van der Waals surface area contributed by atoms with Crippen molar-refractivity contribution in [1.29, 1.82) is 0 Å². The molecule has 1 fully saturated rings. The molecule has 3 rings (SSSR count). The van der Waals surface area contributed by atoms with E-state index in [0.29, 0.717) is 5.56 Å². The third kappa shape index (κ3) is 5.00. The van der Waals surface area contributed by atoms with Crippen LogP contribution in [0.2, 0.25) is 0 Å². The van der Waals surface area contributed by atoms with Gasteiger partial charge in [-0.25, -0.2) is 0 Å². The number of nitro benzene ring substituents is 1. The van der Waals surface area contributed by atoms with E-state index in [1.54, 1.807) is 48.6 Å². The Balaban J connectivity index is 1.75. The number of hydrogen-bond donors (Lipinski definition) is 0. The predicted octanol–water partition coefficient (Wildman–Crippen LogP) is 2.71. The molecule has 0 bridgehead atoms. The van der Waals surface area contributed by atoms with Gasteiger partial charge in [-0.1, -0.05) is 66.5 Å². The number of thiocarbonyl (C=S) groups is 1. The van der Waals surface area contributed by atoms with E-state index in [1.165, 1.54) is 18.2 Å². The van der Waals surface area contributed by atoms with Crippen molar-refractivity contribution in [2.24, 2.45) is 0 Å². The second kappa shape index (κ2) is 9.47. The number of benzene rings is 2. The van der Waals surface area contributed by atoms with Crippen molar-refractivity contribution >= 4 is 51.9 Å². The number of hydrogen-bond acceptors (Lipinski definition) is 7. The number of carboxylic acid groups (broad SMARTS) is 1. The standard InChI is InChI=1S/C21H16N2O5S2/c24-19-18(8-4-7-14-9-11-16(12-10-14)23(27)28)30-21(29)22(19)17(20(25)26)13-15-5-2-1-3-6-15/h1-12,17H,13H2,(H,25,26)/p-1. The zero-order valence-electron chi connectivity index (χ0n) is 15.5. The van der Waals surface area contributed by atoms with Crippen LogP contribution in [0.25, 0.3) is 6.08 Å². The van der Waals surface area contributed by atoms with Crippen molar-refractivity contribution in [3.8, 4) is 0 Å². The van der Waals surface area contributed by atoms with E-state index < -0.39 is 22.8 Å². The summed E-state index contributed by atoms with van der Waals surface area (Å²) in [4.78, 5) is 36.0. The van der Waals surface area contributed by atoms with Crippen LogP contribution in [0, 0.1) is 10.1 Å². The lowest BCUT2D eigenvalue weighted by molar-refractivity contribution is -0.384. The molecule has 0 spiro atoms. The Morgan fingerprint density at radius 2 is 1.83 bits per heavy atom. The van der Waals surface area contributed by atoms with Crippen LogP contribution in [-0.4, -0.2) is 32.1 Å². The van der Waals surface area contributed by atoms with Crippen LogP contribution in [0.5, 0.6) is 0 Å². The van der Waals surface area contributed by atoms with Gasteiger partial charge in [-0.05, 0) is 35.8 Å². The van der Waals surface area contributed by atoms with E-state index in [9.17, 15) is 24.8 Å². The van der Waals surface area contributed by atoms with Gasteiger partial charge in [0.1, 0.15) is 4.32 Å². The Bertz CT molecular complexity index is 1050. The zero-order chi connectivity index (χ0) is 21.7. The Labute approximate surface area is 181 Å². The zero-order valence-corrected chi connectivity index (χ0v) is 17.1. The average Bonchev–Trinajstić information content (AvgIpc) is 3.00. The molecule has 2 aromatic carbocycles. The molecule has 1 saturated heterocycles. The lowest BCUT2D eigenvalue weighted by Crippen LogP contribution is -2.51. The fraction of sp³-hybridized carbons (Fsp3) is 0.0952. The summed E-state index contributed by atoms with van der Waals surface area (Å²) >= 11 is 6.25. The summed E-state index contributed by atoms with van der Waals surface area (Å²) in [5.41, 5.74) is 1.45. The van der Waals surface area contributed by atoms with Gasteiger partial charge >= 0.3 is 0 Å². The molecular formula is C21H15N2O5S2-. The van der Waals surface area contributed by atoms with Crippen molar-refractivity contribution < 1.29 is 19.6 Å². The maximum atomic E-state index is 12.8. The topological polar surface area (TPSA) is 104 Å². The van der Waals surface area contributed by atoms with Crippen LogP contribution in [0.3, 0.4) is 0 Å². The number of nitro groups is 1. The summed E-state index contributed by atoms with van der Waals surface area (Å²) in [5, 5.41) is 22.4. The summed E-state index contributed by atoms with van der Waals surface area (Å²) < 4.78 is 0.153. The number of thioether (sulfide) groups is 1. The number of allylic oxidation sites excluding steroid dienone is 2. The van der Waals surface area contributed by atoms with Gasteiger partial charge in [-0.3, -0.25) is 19.8 Å². The molecule has 0 radical (unpaired) electrons. The minimum atomic E-state index is -1.38. The molecular weight excluding hydrogens is 424 g/mol. The Hall–Kier alpha value is -3.30. The highest BCUT2D eigenvalue weighted by Gasteiger charge is 2.37. The van der Waals surface area contributed by atoms with E-state index in [0.717, 1.165) is 22.2 Å². The van der Waals surface area contributed by atoms with Gasteiger partial charge in [-0.15, -0.1) is 0 Å². The Morgan fingerprint density at radius 1 is 1.17 bits per heavy atom. The number of amides is 1. The summed E-state index contributed by atoms with van der Waals surface area (Å²) in [6.45, 7) is 0. The van der Waals surface area contributed by atoms with Crippen LogP contribution in [-0.2, 0) is 16.0 Å². The minimum absolute atomic E-state index is 0.0141. The van der Waals surface area contributed by atoms with Gasteiger partial charge < -0.3 is 9.90 Å². The van der Waals surface area contributed by atoms with E-state index in [-0.39, 0.29) is 21.3 Å². The highest BCUT2D eigenvalue weighted by Crippen LogP contribution is 2.33. The average molecular weight is 439 g/mol. The molecule has 30 heavy (non-hydrogen) atoms. The van der Waals surface area contributed by atoms with Gasteiger partial charge in [0.15, 0.2) is 0 Å². The fourth-order valence-corrected chi connectivity index (χ4v) is 4.14. The highest BCUT2D eigenvalue weighted by atomic mass is 32.2. The molecule has 1 amide bonds. The van der Waals surface area contributed by atoms with Crippen molar-refractivity contribution in [3.05, 3.63) is 92.9 Å². The Morgan fingerprint density at radius 3 is 2.43 bits per heavy atom. The highest BCUT2D eigenvalue weighted by molar-refractivity contribution is 8.26. The van der Waals surface area contributed by atoms with Gasteiger partial charge in [0.05, 0.1) is 21.8 Å². The lowest BCUT2D eigenvalue weighted by Gasteiger charge is -2.27. The van der Waals surface area contributed by atoms with Crippen LogP contribution in [0.4, 0.5) is 5.69 Å². The monoisotopic (exact) mass is 439 g/mol. The number of aliphatic carboxylic acids is 1. The summed E-state index contributed by atoms with van der Waals surface area (Å²) in [5.74, 6) is -1.87. The van der Waals surface area contributed by atoms with E-state index >= 15 is 0 Å². The first-order valence-electron chi connectivity index (χ1n) is 8.80. The van der Waals surface area contributed by atoms with Gasteiger partial charge in [-0.2, -0.15) is 0 Å². The number of carbonyl (C=O) groups is 2. The van der Waals surface area contributed by atoms with Crippen molar-refractivity contribution in [2.75, 3.05) is 0 Å². The second-order valence-electron chi connectivity index (χ2n) is 6.31. The Kier molecular flexibility index (Phi) is 6.76. The summed E-state index contributed by atoms with van der Waals surface area (Å²) in [7, 11) is 0. The maximum Gasteiger partial charge on any atom is 0.269 e. The molecule has 1 aliphatic rings. The first kappa shape index (κ1) is 21.4. The number of carboxylic acids is 1. The molecule has 1 heterocycles. The molecule has 9 heteroatoms. The number of rotatable bonds is 7. The molecule has 1 unspecified atom stereocenters. The third-order valence-corrected chi connectivity index (χ3v) is 5.67. The van der Waals surface area contributed by atoms with E-state index in [4.69, 9.17) is 12.2 Å². The van der Waals surface area contributed by atoms with Crippen LogP contribution >= 0.6 is 24.0 Å². The number of nitrogens with zero attached hydrogens (tertiary/aromatic N) is 2. The van der Waals surface area contributed by atoms with Crippen molar-refractivity contribution in [1.82, 2.24) is 4.90 Å². The summed E-state index contributed by atoms with van der Waals surface area (Å²) in [6, 6.07) is 13.7. The second-order valence-corrected chi connectivity index (χ2v) is 7.98. The van der Waals surface area contributed by atoms with Crippen LogP contribution in [0.15, 0.2) is 71.7 Å². The smallest absolute Gasteiger partial charge is 0.269 e. The normalized spacial score (nSPS) is 16.4. The molecule has 0 aliphatic carbocycles. The van der Waals surface area contributed by atoms with Crippen molar-refractivity contribution in [3.63, 3.8) is 0 Å². The van der Waals surface area contributed by atoms with Gasteiger partial charge in [0, 0.05) is 12.1 Å². The van der Waals surface area contributed by atoms with Gasteiger partial charge in [0.25, 0.3) is 11.6 Å². The molecule has 1 aliphatic heterocycles. The molecule has 0 aromatic heterocycles. The first-order chi connectivity index (χ1) is 14.4. The third-order valence-electron chi connectivity index (χ3n) is 4.32. The lowest BCUT2D eigenvalue weighted by atomic mass is 10.0. The minimum Gasteiger partial charge on any atom is -0.548 e. The molecule has 152 valence electrons. The summed E-state index contributed by atoms with van der Waals surface area (Å²) in [6.07, 6.45) is 4.91. The molecule has 0 saturated carbocycles. The van der Waals surface area contributed by atoms with Gasteiger partial charge in [0.2, 0.25) is 0 Å². The molecule has 2 aromatic rings. The predicted molar refractivity (Wildman–Crippen MR) is 116 cm³/mol. The first-order valence-corrected chi connectivity index (χ1v) is 10.0. The molecule has 0 N–H and O–H groups in total. The quantitative estimate of drug-likeness (QED) is 0.283. The maximum absolute atomic E-state index is 12.8. The molecule has 7 nitrogen and oxygen atoms in total. The number of carbonyl (C=O) groups excluding carboxylic acids is 2. The van der Waals surface area contributed by atoms with Crippen molar-refractivity contribution in [2.45, 2.75) is 12.5 Å². The largest absolute Gasteiger partial charge is 0.548 e. The van der Waals surface area contributed by atoms with Crippen LogP contribution in [0.1, 0.15) is 11.1 Å². The van der Waals surface area contributed by atoms with E-state index in [1.807, 2.05) is 6.07 Å². The van der Waals surface area contributed by atoms with E-state index in [2.05, 4.69) is 0 Å². The SMILES string of the molecule is O=C([O-])C(Cc1ccccc1)N1C(=O)C(=CC=Cc2ccc([N+](=O)[O-])cc2)SC1=S. The number of non-ortho nitro benzene ring substituents is 1. The fourth-order valence-electron chi connectivity index (χ4n) is 2.83. The van der Waals surface area contributed by atoms with Crippen LogP contribution < -0.4 is 5.11 Å².